The van der Waals surface area contributed by atoms with Crippen LogP contribution < -0.4 is 10.1 Å². The molecule has 2 aromatic rings. The smallest absolute Gasteiger partial charge is 0.338 e. The number of esters is 1. The van der Waals surface area contributed by atoms with Crippen LogP contribution in [0.1, 0.15) is 37.0 Å². The van der Waals surface area contributed by atoms with E-state index >= 15 is 0 Å². The van der Waals surface area contributed by atoms with Crippen molar-refractivity contribution in [1.82, 2.24) is 5.32 Å². The Morgan fingerprint density at radius 1 is 1.04 bits per heavy atom. The fourth-order valence-corrected chi connectivity index (χ4v) is 2.35. The van der Waals surface area contributed by atoms with Crippen molar-refractivity contribution in [3.05, 3.63) is 60.2 Å². The van der Waals surface area contributed by atoms with Crippen molar-refractivity contribution in [1.29, 1.82) is 0 Å². The Kier molecular flexibility index (Phi) is 7.01. The Balaban J connectivity index is 1.89. The lowest BCUT2D eigenvalue weighted by Crippen LogP contribution is -2.35. The summed E-state index contributed by atoms with van der Waals surface area (Å²) < 4.78 is 10.8. The summed E-state index contributed by atoms with van der Waals surface area (Å²) in [4.78, 5) is 23.9. The molecule has 0 aliphatic heterocycles. The second kappa shape index (κ2) is 9.47. The van der Waals surface area contributed by atoms with Crippen LogP contribution in [0, 0.1) is 0 Å². The first kappa shape index (κ1) is 18.5. The van der Waals surface area contributed by atoms with Crippen molar-refractivity contribution >= 4 is 11.9 Å². The molecule has 5 nitrogen and oxygen atoms in total. The maximum Gasteiger partial charge on any atom is 0.338 e. The van der Waals surface area contributed by atoms with Crippen LogP contribution in [0.5, 0.6) is 11.5 Å². The first-order valence-corrected chi connectivity index (χ1v) is 8.38. The van der Waals surface area contributed by atoms with E-state index in [0.29, 0.717) is 17.1 Å². The van der Waals surface area contributed by atoms with E-state index in [1.54, 1.807) is 24.3 Å². The molecule has 1 N–H and O–H groups in total. The van der Waals surface area contributed by atoms with Gasteiger partial charge in [-0.2, -0.15) is 0 Å². The number of rotatable bonds is 8. The Labute approximate surface area is 148 Å². The monoisotopic (exact) mass is 341 g/mol. The lowest BCUT2D eigenvalue weighted by molar-refractivity contribution is -0.124. The zero-order chi connectivity index (χ0) is 18.1. The largest absolute Gasteiger partial charge is 0.457 e. The fraction of sp³-hybridized carbons (Fsp3) is 0.300. The van der Waals surface area contributed by atoms with Crippen LogP contribution in [-0.4, -0.2) is 24.5 Å². The van der Waals surface area contributed by atoms with Gasteiger partial charge in [-0.3, -0.25) is 4.79 Å². The molecular formula is C20H23NO4. The molecule has 0 bridgehead atoms. The zero-order valence-electron chi connectivity index (χ0n) is 14.5. The lowest BCUT2D eigenvalue weighted by atomic mass is 10.2. The minimum atomic E-state index is -0.559. The SMILES string of the molecule is CCCC(C)NC(=O)COC(=O)c1cccc(Oc2ccccc2)c1. The van der Waals surface area contributed by atoms with Crippen LogP contribution in [0.25, 0.3) is 0 Å². The summed E-state index contributed by atoms with van der Waals surface area (Å²) in [5.74, 6) is 0.349. The summed E-state index contributed by atoms with van der Waals surface area (Å²) in [6, 6.07) is 16.0. The van der Waals surface area contributed by atoms with Crippen molar-refractivity contribution < 1.29 is 19.1 Å². The van der Waals surface area contributed by atoms with Crippen LogP contribution in [0.15, 0.2) is 54.6 Å². The van der Waals surface area contributed by atoms with E-state index in [0.717, 1.165) is 12.8 Å². The quantitative estimate of drug-likeness (QED) is 0.739. The van der Waals surface area contributed by atoms with Gasteiger partial charge in [0.2, 0.25) is 0 Å². The summed E-state index contributed by atoms with van der Waals surface area (Å²) in [7, 11) is 0. The third-order valence-corrected chi connectivity index (χ3v) is 3.51. The summed E-state index contributed by atoms with van der Waals surface area (Å²) in [6.07, 6.45) is 1.87. The van der Waals surface area contributed by atoms with E-state index in [2.05, 4.69) is 5.32 Å². The topological polar surface area (TPSA) is 64.6 Å². The van der Waals surface area contributed by atoms with Gasteiger partial charge in [0.25, 0.3) is 5.91 Å². The van der Waals surface area contributed by atoms with E-state index < -0.39 is 5.97 Å². The highest BCUT2D eigenvalue weighted by Gasteiger charge is 2.12. The first-order chi connectivity index (χ1) is 12.1. The van der Waals surface area contributed by atoms with E-state index in [1.807, 2.05) is 44.2 Å². The van der Waals surface area contributed by atoms with Crippen molar-refractivity contribution in [2.75, 3.05) is 6.61 Å². The summed E-state index contributed by atoms with van der Waals surface area (Å²) in [6.45, 7) is 3.68. The van der Waals surface area contributed by atoms with E-state index in [1.165, 1.54) is 0 Å². The molecule has 132 valence electrons. The number of hydrogen-bond acceptors (Lipinski definition) is 4. The van der Waals surface area contributed by atoms with Gasteiger partial charge in [0, 0.05) is 6.04 Å². The van der Waals surface area contributed by atoms with Gasteiger partial charge in [-0.05, 0) is 43.7 Å². The van der Waals surface area contributed by atoms with Crippen LogP contribution in [0.2, 0.25) is 0 Å². The Morgan fingerprint density at radius 2 is 1.76 bits per heavy atom. The minimum absolute atomic E-state index is 0.0683. The molecule has 1 unspecified atom stereocenters. The highest BCUT2D eigenvalue weighted by molar-refractivity contribution is 5.91. The van der Waals surface area contributed by atoms with Gasteiger partial charge in [0.15, 0.2) is 6.61 Å². The van der Waals surface area contributed by atoms with Crippen LogP contribution >= 0.6 is 0 Å². The Hall–Kier alpha value is -2.82. The average Bonchev–Trinajstić information content (AvgIpc) is 2.61. The molecule has 1 amide bonds. The number of nitrogens with one attached hydrogen (secondary N) is 1. The maximum atomic E-state index is 12.1. The molecule has 0 fully saturated rings. The van der Waals surface area contributed by atoms with Gasteiger partial charge in [-0.1, -0.05) is 37.6 Å². The molecule has 0 aromatic heterocycles. The summed E-state index contributed by atoms with van der Waals surface area (Å²) in [5.41, 5.74) is 0.336. The second-order valence-electron chi connectivity index (χ2n) is 5.78. The van der Waals surface area contributed by atoms with Gasteiger partial charge in [-0.25, -0.2) is 4.79 Å². The number of carbonyl (C=O) groups is 2. The second-order valence-corrected chi connectivity index (χ2v) is 5.78. The third kappa shape index (κ3) is 6.30. The zero-order valence-corrected chi connectivity index (χ0v) is 14.5. The van der Waals surface area contributed by atoms with Crippen molar-refractivity contribution in [2.45, 2.75) is 32.7 Å². The first-order valence-electron chi connectivity index (χ1n) is 8.38. The number of hydrogen-bond donors (Lipinski definition) is 1. The Bertz CT molecular complexity index is 700. The Morgan fingerprint density at radius 3 is 2.48 bits per heavy atom. The molecule has 0 aliphatic rings. The van der Waals surface area contributed by atoms with E-state index in [9.17, 15) is 9.59 Å². The van der Waals surface area contributed by atoms with Crippen molar-refractivity contribution in [3.63, 3.8) is 0 Å². The molecule has 25 heavy (non-hydrogen) atoms. The van der Waals surface area contributed by atoms with Gasteiger partial charge in [0.05, 0.1) is 5.56 Å². The van der Waals surface area contributed by atoms with Gasteiger partial charge >= 0.3 is 5.97 Å². The number of carbonyl (C=O) groups excluding carboxylic acids is 2. The highest BCUT2D eigenvalue weighted by Crippen LogP contribution is 2.22. The highest BCUT2D eigenvalue weighted by atomic mass is 16.5. The van der Waals surface area contributed by atoms with Gasteiger partial charge in [-0.15, -0.1) is 0 Å². The summed E-state index contributed by atoms with van der Waals surface area (Å²) in [5, 5.41) is 2.79. The predicted octanol–water partition coefficient (Wildman–Crippen LogP) is 3.94. The standard InChI is InChI=1S/C20H23NO4/c1-3-8-15(2)21-19(22)14-24-20(23)16-9-7-12-18(13-16)25-17-10-5-4-6-11-17/h4-7,9-13,15H,3,8,14H2,1-2H3,(H,21,22). The van der Waals surface area contributed by atoms with Crippen LogP contribution in [0.3, 0.4) is 0 Å². The normalized spacial score (nSPS) is 11.4. The molecule has 0 spiro atoms. The molecule has 1 atom stereocenters. The molecule has 0 aliphatic carbocycles. The predicted molar refractivity (Wildman–Crippen MR) is 95.8 cm³/mol. The number of para-hydroxylation sites is 1. The van der Waals surface area contributed by atoms with E-state index in [-0.39, 0.29) is 18.6 Å². The molecule has 2 rings (SSSR count). The number of benzene rings is 2. The molecule has 5 heteroatoms. The lowest BCUT2D eigenvalue weighted by Gasteiger charge is -2.13. The van der Waals surface area contributed by atoms with Gasteiger partial charge < -0.3 is 14.8 Å². The van der Waals surface area contributed by atoms with Crippen LogP contribution in [-0.2, 0) is 9.53 Å². The molecule has 0 radical (unpaired) electrons. The van der Waals surface area contributed by atoms with Crippen LogP contribution in [0.4, 0.5) is 0 Å². The minimum Gasteiger partial charge on any atom is -0.457 e. The van der Waals surface area contributed by atoms with Gasteiger partial charge in [0.1, 0.15) is 11.5 Å². The fourth-order valence-electron chi connectivity index (χ4n) is 2.35. The average molecular weight is 341 g/mol. The molecule has 2 aromatic carbocycles. The third-order valence-electron chi connectivity index (χ3n) is 3.51. The number of ether oxygens (including phenoxy) is 2. The van der Waals surface area contributed by atoms with Crippen molar-refractivity contribution in [2.24, 2.45) is 0 Å². The molecule has 0 heterocycles. The maximum absolute atomic E-state index is 12.1. The molecular weight excluding hydrogens is 318 g/mol. The number of amides is 1. The molecule has 0 saturated carbocycles. The van der Waals surface area contributed by atoms with Crippen molar-refractivity contribution in [3.8, 4) is 11.5 Å². The van der Waals surface area contributed by atoms with E-state index in [4.69, 9.17) is 9.47 Å². The molecule has 0 saturated heterocycles. The summed E-state index contributed by atoms with van der Waals surface area (Å²) >= 11 is 0.